The molecule has 0 fully saturated rings. The summed E-state index contributed by atoms with van der Waals surface area (Å²) in [5.41, 5.74) is 0.352. The Labute approximate surface area is 149 Å². The topological polar surface area (TPSA) is 65.1 Å². The van der Waals surface area contributed by atoms with E-state index in [1.807, 2.05) is 32.9 Å². The highest BCUT2D eigenvalue weighted by molar-refractivity contribution is 5.87. The molecule has 6 heteroatoms. The molecule has 0 saturated heterocycles. The van der Waals surface area contributed by atoms with E-state index in [1.165, 1.54) is 11.0 Å². The summed E-state index contributed by atoms with van der Waals surface area (Å²) in [7, 11) is 1.67. The first kappa shape index (κ1) is 20.5. The molecule has 1 amide bonds. The third-order valence-corrected chi connectivity index (χ3v) is 2.98. The van der Waals surface area contributed by atoms with Gasteiger partial charge in [-0.3, -0.25) is 0 Å². The highest BCUT2D eigenvalue weighted by Crippen LogP contribution is 2.14. The van der Waals surface area contributed by atoms with Crippen molar-refractivity contribution < 1.29 is 23.8 Å². The third-order valence-electron chi connectivity index (χ3n) is 2.98. The van der Waals surface area contributed by atoms with Crippen LogP contribution in [-0.2, 0) is 14.3 Å². The molecule has 0 aromatic heterocycles. The molecular formula is C19H27NO5. The summed E-state index contributed by atoms with van der Waals surface area (Å²) in [6.45, 7) is 8.37. The highest BCUT2D eigenvalue weighted by atomic mass is 16.6. The molecule has 138 valence electrons. The Balaban J connectivity index is 2.41. The minimum absolute atomic E-state index is 0.355. The molecule has 0 atom stereocenters. The normalized spacial score (nSPS) is 11.2. The van der Waals surface area contributed by atoms with Gasteiger partial charge in [-0.25, -0.2) is 9.59 Å². The largest absolute Gasteiger partial charge is 0.492 e. The average Bonchev–Trinajstić information content (AvgIpc) is 2.52. The third kappa shape index (κ3) is 8.79. The van der Waals surface area contributed by atoms with Crippen LogP contribution in [0.25, 0.3) is 6.08 Å². The summed E-state index contributed by atoms with van der Waals surface area (Å²) in [5, 5.41) is 0. The van der Waals surface area contributed by atoms with Gasteiger partial charge >= 0.3 is 12.1 Å². The number of hydrogen-bond acceptors (Lipinski definition) is 5. The molecule has 1 aromatic carbocycles. The van der Waals surface area contributed by atoms with E-state index >= 15 is 0 Å². The lowest BCUT2D eigenvalue weighted by Crippen LogP contribution is -2.36. The van der Waals surface area contributed by atoms with Gasteiger partial charge < -0.3 is 19.1 Å². The summed E-state index contributed by atoms with van der Waals surface area (Å²) >= 11 is 0. The van der Waals surface area contributed by atoms with Gasteiger partial charge in [0.2, 0.25) is 0 Å². The Bertz CT molecular complexity index is 587. The van der Waals surface area contributed by atoms with Gasteiger partial charge in [-0.2, -0.15) is 0 Å². The fourth-order valence-corrected chi connectivity index (χ4v) is 1.76. The number of hydrogen-bond donors (Lipinski definition) is 0. The SMILES string of the molecule is CCOC(=O)C=Cc1ccc(OCCN(C)C(=O)OC(C)(C)C)cc1. The van der Waals surface area contributed by atoms with E-state index in [0.717, 1.165) is 5.56 Å². The summed E-state index contributed by atoms with van der Waals surface area (Å²) < 4.78 is 15.7. The Kier molecular flexibility index (Phi) is 7.98. The van der Waals surface area contributed by atoms with Crippen LogP contribution in [0.15, 0.2) is 30.3 Å². The monoisotopic (exact) mass is 349 g/mol. The predicted molar refractivity (Wildman–Crippen MR) is 96.5 cm³/mol. The van der Waals surface area contributed by atoms with Crippen molar-refractivity contribution in [1.29, 1.82) is 0 Å². The van der Waals surface area contributed by atoms with Gasteiger partial charge in [-0.05, 0) is 51.5 Å². The van der Waals surface area contributed by atoms with Gasteiger partial charge in [-0.1, -0.05) is 12.1 Å². The van der Waals surface area contributed by atoms with E-state index in [1.54, 1.807) is 32.2 Å². The number of esters is 1. The van der Waals surface area contributed by atoms with Crippen molar-refractivity contribution in [2.24, 2.45) is 0 Å². The first-order chi connectivity index (χ1) is 11.7. The molecule has 0 N–H and O–H groups in total. The molecule has 1 aromatic rings. The molecule has 0 radical (unpaired) electrons. The number of carbonyl (C=O) groups is 2. The Morgan fingerprint density at radius 3 is 2.36 bits per heavy atom. The molecule has 0 unspecified atom stereocenters. The van der Waals surface area contributed by atoms with Gasteiger partial charge in [0.1, 0.15) is 18.0 Å². The number of nitrogens with zero attached hydrogens (tertiary/aromatic N) is 1. The minimum atomic E-state index is -0.515. The maximum Gasteiger partial charge on any atom is 0.410 e. The summed E-state index contributed by atoms with van der Waals surface area (Å²) in [4.78, 5) is 24.5. The van der Waals surface area contributed by atoms with Crippen LogP contribution in [0.1, 0.15) is 33.3 Å². The maximum absolute atomic E-state index is 11.8. The zero-order chi connectivity index (χ0) is 18.9. The van der Waals surface area contributed by atoms with Crippen LogP contribution < -0.4 is 4.74 Å². The average molecular weight is 349 g/mol. The second-order valence-corrected chi connectivity index (χ2v) is 6.40. The number of benzene rings is 1. The van der Waals surface area contributed by atoms with Crippen LogP contribution in [-0.4, -0.2) is 49.4 Å². The van der Waals surface area contributed by atoms with E-state index in [-0.39, 0.29) is 12.1 Å². The molecule has 6 nitrogen and oxygen atoms in total. The lowest BCUT2D eigenvalue weighted by Gasteiger charge is -2.24. The number of likely N-dealkylation sites (N-methyl/N-ethyl adjacent to an activating group) is 1. The number of carbonyl (C=O) groups excluding carboxylic acids is 2. The first-order valence-corrected chi connectivity index (χ1v) is 8.23. The fraction of sp³-hybridized carbons (Fsp3) is 0.474. The molecule has 0 aliphatic heterocycles. The Morgan fingerprint density at radius 1 is 1.16 bits per heavy atom. The standard InChI is InChI=1S/C19H27NO5/c1-6-23-17(21)12-9-15-7-10-16(11-8-15)24-14-13-20(5)18(22)25-19(2,3)4/h7-12H,6,13-14H2,1-5H3. The van der Waals surface area contributed by atoms with E-state index in [9.17, 15) is 9.59 Å². The van der Waals surface area contributed by atoms with Crippen molar-refractivity contribution in [2.75, 3.05) is 26.8 Å². The van der Waals surface area contributed by atoms with Crippen molar-refractivity contribution in [3.63, 3.8) is 0 Å². The fourth-order valence-electron chi connectivity index (χ4n) is 1.76. The molecule has 25 heavy (non-hydrogen) atoms. The smallest absolute Gasteiger partial charge is 0.410 e. The Hall–Kier alpha value is -2.50. The molecule has 0 aliphatic carbocycles. The lowest BCUT2D eigenvalue weighted by molar-refractivity contribution is -0.137. The van der Waals surface area contributed by atoms with Crippen molar-refractivity contribution in [3.05, 3.63) is 35.9 Å². The summed E-state index contributed by atoms with van der Waals surface area (Å²) in [6, 6.07) is 7.28. The maximum atomic E-state index is 11.8. The van der Waals surface area contributed by atoms with Crippen LogP contribution in [0.5, 0.6) is 5.75 Å². The zero-order valence-electron chi connectivity index (χ0n) is 15.6. The minimum Gasteiger partial charge on any atom is -0.492 e. The van der Waals surface area contributed by atoms with Gasteiger partial charge in [0.15, 0.2) is 0 Å². The summed E-state index contributed by atoms with van der Waals surface area (Å²) in [5.74, 6) is 0.318. The molecule has 0 spiro atoms. The van der Waals surface area contributed by atoms with Crippen molar-refractivity contribution in [1.82, 2.24) is 4.90 Å². The molecule has 1 rings (SSSR count). The van der Waals surface area contributed by atoms with Crippen molar-refractivity contribution >= 4 is 18.1 Å². The van der Waals surface area contributed by atoms with Gasteiger partial charge in [0.25, 0.3) is 0 Å². The predicted octanol–water partition coefficient (Wildman–Crippen LogP) is 3.51. The summed E-state index contributed by atoms with van der Waals surface area (Å²) in [6.07, 6.45) is 2.68. The molecule has 0 bridgehead atoms. The van der Waals surface area contributed by atoms with Crippen molar-refractivity contribution in [2.45, 2.75) is 33.3 Å². The Morgan fingerprint density at radius 2 is 1.80 bits per heavy atom. The second kappa shape index (κ2) is 9.71. The van der Waals surface area contributed by atoms with Gasteiger partial charge in [-0.15, -0.1) is 0 Å². The van der Waals surface area contributed by atoms with E-state index in [2.05, 4.69) is 0 Å². The van der Waals surface area contributed by atoms with Gasteiger partial charge in [0, 0.05) is 13.1 Å². The van der Waals surface area contributed by atoms with E-state index in [0.29, 0.717) is 25.5 Å². The molecule has 0 heterocycles. The number of amides is 1. The number of rotatable bonds is 7. The van der Waals surface area contributed by atoms with Crippen LogP contribution in [0.4, 0.5) is 4.79 Å². The quantitative estimate of drug-likeness (QED) is 0.557. The molecular weight excluding hydrogens is 322 g/mol. The van der Waals surface area contributed by atoms with Gasteiger partial charge in [0.05, 0.1) is 13.2 Å². The number of ether oxygens (including phenoxy) is 3. The van der Waals surface area contributed by atoms with E-state index in [4.69, 9.17) is 14.2 Å². The van der Waals surface area contributed by atoms with E-state index < -0.39 is 5.60 Å². The highest BCUT2D eigenvalue weighted by Gasteiger charge is 2.19. The molecule has 0 saturated carbocycles. The second-order valence-electron chi connectivity index (χ2n) is 6.40. The first-order valence-electron chi connectivity index (χ1n) is 8.23. The zero-order valence-corrected chi connectivity index (χ0v) is 15.6. The van der Waals surface area contributed by atoms with Crippen LogP contribution in [0, 0.1) is 0 Å². The van der Waals surface area contributed by atoms with Crippen LogP contribution >= 0.6 is 0 Å². The van der Waals surface area contributed by atoms with Crippen molar-refractivity contribution in [3.8, 4) is 5.75 Å². The lowest BCUT2D eigenvalue weighted by atomic mass is 10.2. The molecule has 0 aliphatic rings. The van der Waals surface area contributed by atoms with Crippen LogP contribution in [0.3, 0.4) is 0 Å². The van der Waals surface area contributed by atoms with Crippen LogP contribution in [0.2, 0.25) is 0 Å².